The van der Waals surface area contributed by atoms with Crippen LogP contribution in [0.4, 0.5) is 13.2 Å². The van der Waals surface area contributed by atoms with Gasteiger partial charge in [-0.1, -0.05) is 13.3 Å². The Morgan fingerprint density at radius 3 is 1.93 bits per heavy atom. The average molecular weight is 236 g/mol. The Bertz CT molecular complexity index is 284. The quantitative estimate of drug-likeness (QED) is 0.706. The van der Waals surface area contributed by atoms with Gasteiger partial charge in [0.25, 0.3) is 0 Å². The van der Waals surface area contributed by atoms with Crippen LogP contribution >= 0.6 is 0 Å². The second-order valence-corrected chi connectivity index (χ2v) is 4.45. The van der Waals surface area contributed by atoms with Crippen LogP contribution in [0.5, 0.6) is 0 Å². The second kappa shape index (κ2) is 4.03. The summed E-state index contributed by atoms with van der Waals surface area (Å²) in [6.45, 7) is 1.51. The summed E-state index contributed by atoms with van der Waals surface area (Å²) in [5.74, 6) is 0. The Kier molecular flexibility index (Phi) is 3.93. The Balaban J connectivity index is 5.08. The first-order chi connectivity index (χ1) is 6.06. The Labute approximate surface area is 79.5 Å². The van der Waals surface area contributed by atoms with Gasteiger partial charge in [0.15, 0.2) is 0 Å². The maximum Gasteiger partial charge on any atom is 0.404 e. The van der Waals surface area contributed by atoms with Gasteiger partial charge >= 0.3 is 21.2 Å². The van der Waals surface area contributed by atoms with E-state index in [0.717, 1.165) is 0 Å². The molecule has 14 heavy (non-hydrogen) atoms. The van der Waals surface area contributed by atoms with Gasteiger partial charge in [-0.15, -0.1) is 0 Å². The van der Waals surface area contributed by atoms with Crippen LogP contribution in [0.2, 0.25) is 0 Å². The lowest BCUT2D eigenvalue weighted by Gasteiger charge is -2.25. The van der Waals surface area contributed by atoms with Crippen molar-refractivity contribution in [3.05, 3.63) is 0 Å². The molecule has 0 amide bonds. The summed E-state index contributed by atoms with van der Waals surface area (Å²) in [6.07, 6.45) is -6.23. The third-order valence-electron chi connectivity index (χ3n) is 1.71. The molecule has 0 aliphatic rings. The van der Waals surface area contributed by atoms with E-state index in [0.29, 0.717) is 0 Å². The van der Waals surface area contributed by atoms with Crippen molar-refractivity contribution in [2.45, 2.75) is 37.3 Å². The van der Waals surface area contributed by atoms with Gasteiger partial charge in [0, 0.05) is 6.42 Å². The zero-order valence-corrected chi connectivity index (χ0v) is 8.19. The summed E-state index contributed by atoms with van der Waals surface area (Å²) in [5.41, 5.74) is 0. The lowest BCUT2D eigenvalue weighted by Crippen LogP contribution is -2.50. The molecule has 0 aliphatic carbocycles. The molecule has 4 nitrogen and oxygen atoms in total. The molecule has 0 saturated carbocycles. The lowest BCUT2D eigenvalue weighted by atomic mass is 10.1. The van der Waals surface area contributed by atoms with Crippen LogP contribution in [0, 0.1) is 0 Å². The van der Waals surface area contributed by atoms with Crippen molar-refractivity contribution in [2.75, 3.05) is 0 Å². The topological polar surface area (TPSA) is 74.6 Å². The largest absolute Gasteiger partial charge is 0.404 e. The van der Waals surface area contributed by atoms with Crippen molar-refractivity contribution in [3.8, 4) is 0 Å². The number of halogens is 3. The molecule has 0 rings (SSSR count). The molecule has 1 atom stereocenters. The minimum atomic E-state index is -5.66. The first kappa shape index (κ1) is 13.7. The van der Waals surface area contributed by atoms with Gasteiger partial charge in [0.05, 0.1) is 0 Å². The van der Waals surface area contributed by atoms with Gasteiger partial charge in [-0.3, -0.25) is 4.55 Å². The molecule has 0 saturated heterocycles. The van der Waals surface area contributed by atoms with Crippen LogP contribution in [-0.2, 0) is 10.1 Å². The number of hydrogen-bond acceptors (Lipinski definition) is 3. The smallest absolute Gasteiger partial charge is 0.333 e. The Hall–Kier alpha value is -0.340. The molecule has 1 unspecified atom stereocenters. The fourth-order valence-electron chi connectivity index (χ4n) is 0.839. The maximum absolute atomic E-state index is 13.2. The molecule has 0 bridgehead atoms. The zero-order valence-electron chi connectivity index (χ0n) is 7.37. The van der Waals surface area contributed by atoms with Crippen LogP contribution in [0.1, 0.15) is 26.2 Å². The fraction of sp³-hybridized carbons (Fsp3) is 1.00. The number of unbranched alkanes of at least 4 members (excludes halogenated alkanes) is 1. The van der Waals surface area contributed by atoms with Crippen molar-refractivity contribution in [1.29, 1.82) is 0 Å². The second-order valence-electron chi connectivity index (χ2n) is 2.85. The van der Waals surface area contributed by atoms with Gasteiger partial charge in [0.2, 0.25) is 0 Å². The van der Waals surface area contributed by atoms with Crippen molar-refractivity contribution >= 4 is 10.1 Å². The third-order valence-corrected chi connectivity index (χ3v) is 2.98. The van der Waals surface area contributed by atoms with Gasteiger partial charge < -0.3 is 5.11 Å². The first-order valence-corrected chi connectivity index (χ1v) is 5.26. The van der Waals surface area contributed by atoms with Gasteiger partial charge in [-0.2, -0.15) is 17.2 Å². The van der Waals surface area contributed by atoms with Crippen molar-refractivity contribution in [2.24, 2.45) is 0 Å². The predicted molar refractivity (Wildman–Crippen MR) is 42.1 cm³/mol. The highest BCUT2D eigenvalue weighted by Crippen LogP contribution is 2.38. The zero-order chi connectivity index (χ0) is 11.6. The molecule has 8 heteroatoms. The molecule has 0 aromatic heterocycles. The minimum absolute atomic E-state index is 0.202. The van der Waals surface area contributed by atoms with Gasteiger partial charge in [0.1, 0.15) is 0 Å². The summed E-state index contributed by atoms with van der Waals surface area (Å²) < 4.78 is 66.6. The normalized spacial score (nSPS) is 17.9. The number of alkyl halides is 3. The van der Waals surface area contributed by atoms with Crippen LogP contribution in [0.3, 0.4) is 0 Å². The highest BCUT2D eigenvalue weighted by molar-refractivity contribution is 7.87. The molecular formula is C6H11F3O4S. The molecule has 0 aromatic rings. The van der Waals surface area contributed by atoms with Crippen LogP contribution in [0.25, 0.3) is 0 Å². The van der Waals surface area contributed by atoms with E-state index >= 15 is 0 Å². The summed E-state index contributed by atoms with van der Waals surface area (Å²) >= 11 is 0. The molecular weight excluding hydrogens is 225 g/mol. The number of aliphatic hydroxyl groups is 1. The van der Waals surface area contributed by atoms with Gasteiger partial charge in [-0.05, 0) is 6.42 Å². The maximum atomic E-state index is 13.2. The molecule has 0 spiro atoms. The predicted octanol–water partition coefficient (Wildman–Crippen LogP) is 1.32. The van der Waals surface area contributed by atoms with E-state index < -0.39 is 27.6 Å². The van der Waals surface area contributed by atoms with E-state index in [1.165, 1.54) is 6.92 Å². The van der Waals surface area contributed by atoms with Gasteiger partial charge in [-0.25, -0.2) is 4.39 Å². The van der Waals surface area contributed by atoms with Crippen molar-refractivity contribution in [1.82, 2.24) is 0 Å². The molecule has 0 aromatic carbocycles. The van der Waals surface area contributed by atoms with E-state index in [4.69, 9.17) is 9.66 Å². The average Bonchev–Trinajstić information content (AvgIpc) is 1.95. The van der Waals surface area contributed by atoms with Crippen LogP contribution in [0.15, 0.2) is 0 Å². The van der Waals surface area contributed by atoms with Crippen LogP contribution < -0.4 is 0 Å². The van der Waals surface area contributed by atoms with E-state index in [1.807, 2.05) is 0 Å². The fourth-order valence-corrected chi connectivity index (χ4v) is 1.55. The van der Waals surface area contributed by atoms with E-state index in [1.54, 1.807) is 0 Å². The Morgan fingerprint density at radius 2 is 1.71 bits per heavy atom. The molecule has 0 aliphatic heterocycles. The molecule has 0 radical (unpaired) electrons. The molecule has 2 N–H and O–H groups in total. The summed E-state index contributed by atoms with van der Waals surface area (Å²) in [6, 6.07) is 0. The van der Waals surface area contributed by atoms with E-state index in [9.17, 15) is 21.6 Å². The third kappa shape index (κ3) is 2.58. The van der Waals surface area contributed by atoms with Crippen molar-refractivity contribution in [3.63, 3.8) is 0 Å². The highest BCUT2D eigenvalue weighted by atomic mass is 32.2. The summed E-state index contributed by atoms with van der Waals surface area (Å²) in [4.78, 5) is 0. The molecule has 0 fully saturated rings. The lowest BCUT2D eigenvalue weighted by molar-refractivity contribution is -0.258. The van der Waals surface area contributed by atoms with Crippen LogP contribution in [-0.4, -0.2) is 29.2 Å². The molecule has 0 heterocycles. The SMILES string of the molecule is CCCCC(F)(C(O)(F)F)S(=O)(=O)O. The number of rotatable bonds is 5. The monoisotopic (exact) mass is 236 g/mol. The van der Waals surface area contributed by atoms with E-state index in [-0.39, 0.29) is 12.8 Å². The minimum Gasteiger partial charge on any atom is -0.333 e. The Morgan fingerprint density at radius 1 is 1.29 bits per heavy atom. The highest BCUT2D eigenvalue weighted by Gasteiger charge is 2.63. The molecule has 86 valence electrons. The summed E-state index contributed by atoms with van der Waals surface area (Å²) in [5, 5.41) is 3.73. The first-order valence-electron chi connectivity index (χ1n) is 3.82. The summed E-state index contributed by atoms with van der Waals surface area (Å²) in [7, 11) is -5.66. The van der Waals surface area contributed by atoms with Crippen molar-refractivity contribution < 1.29 is 31.2 Å². The van der Waals surface area contributed by atoms with E-state index in [2.05, 4.69) is 0 Å². The standard InChI is InChI=1S/C6H11F3O4S/c1-2-3-4-5(7,6(8,9)10)14(11,12)13/h10H,2-4H2,1H3,(H,11,12,13). The number of hydrogen-bond donors (Lipinski definition) is 2.